The summed E-state index contributed by atoms with van der Waals surface area (Å²) in [5.74, 6) is 0.727. The van der Waals surface area contributed by atoms with Gasteiger partial charge in [0, 0.05) is 39.6 Å². The van der Waals surface area contributed by atoms with Gasteiger partial charge in [0.1, 0.15) is 0 Å². The highest BCUT2D eigenvalue weighted by Crippen LogP contribution is 2.34. The van der Waals surface area contributed by atoms with Gasteiger partial charge in [0.2, 0.25) is 5.91 Å². The molecular formula is C19H28N2O3. The summed E-state index contributed by atoms with van der Waals surface area (Å²) in [6.07, 6.45) is 1.91. The van der Waals surface area contributed by atoms with Gasteiger partial charge in [-0.2, -0.15) is 0 Å². The quantitative estimate of drug-likeness (QED) is 0.714. The van der Waals surface area contributed by atoms with Crippen LogP contribution in [0.1, 0.15) is 18.4 Å². The van der Waals surface area contributed by atoms with Gasteiger partial charge in [0.25, 0.3) is 0 Å². The summed E-state index contributed by atoms with van der Waals surface area (Å²) in [5, 5.41) is 0. The number of carbonyl (C=O) groups excluding carboxylic acids is 1. The van der Waals surface area contributed by atoms with Crippen LogP contribution in [0.15, 0.2) is 30.3 Å². The first kappa shape index (κ1) is 17.4. The van der Waals surface area contributed by atoms with E-state index in [4.69, 9.17) is 9.47 Å². The Balaban J connectivity index is 1.32. The minimum atomic E-state index is 0.103. The summed E-state index contributed by atoms with van der Waals surface area (Å²) in [6.45, 7) is 4.40. The van der Waals surface area contributed by atoms with Gasteiger partial charge in [0.15, 0.2) is 0 Å². The molecule has 2 aliphatic rings. The molecule has 2 saturated heterocycles. The molecule has 3 rings (SSSR count). The third-order valence-corrected chi connectivity index (χ3v) is 4.95. The molecule has 0 aliphatic carbocycles. The van der Waals surface area contributed by atoms with Crippen molar-refractivity contribution in [2.45, 2.75) is 31.7 Å². The molecule has 1 aromatic rings. The Kier molecular flexibility index (Phi) is 5.87. The Bertz CT molecular complexity index is 521. The zero-order chi connectivity index (χ0) is 16.9. The van der Waals surface area contributed by atoms with E-state index in [2.05, 4.69) is 17.0 Å². The third kappa shape index (κ3) is 4.56. The second-order valence-electron chi connectivity index (χ2n) is 7.08. The summed E-state index contributed by atoms with van der Waals surface area (Å²) in [4.78, 5) is 15.9. The number of likely N-dealkylation sites (tertiary alicyclic amines) is 1. The number of carbonyl (C=O) groups is 1. The minimum absolute atomic E-state index is 0.103. The third-order valence-electron chi connectivity index (χ3n) is 4.95. The Morgan fingerprint density at radius 3 is 2.79 bits per heavy atom. The van der Waals surface area contributed by atoms with Crippen LogP contribution in [0.25, 0.3) is 0 Å². The van der Waals surface area contributed by atoms with E-state index < -0.39 is 0 Å². The van der Waals surface area contributed by atoms with Gasteiger partial charge in [0.05, 0.1) is 31.8 Å². The Morgan fingerprint density at radius 2 is 2.08 bits per heavy atom. The lowest BCUT2D eigenvalue weighted by Crippen LogP contribution is -2.30. The number of hydrogen-bond donors (Lipinski definition) is 0. The Labute approximate surface area is 144 Å². The largest absolute Gasteiger partial charge is 0.375 e. The first-order valence-corrected chi connectivity index (χ1v) is 8.81. The standard InChI is InChI=1S/C19H28N2O3/c1-20(2)19(22)11-17-10-16-12-21(13-18(16)24-17)8-9-23-14-15-6-4-3-5-7-15/h3-7,16-18H,8-14H2,1-2H3/t16-,17-,18+/m0/s1. The molecule has 132 valence electrons. The summed E-state index contributed by atoms with van der Waals surface area (Å²) < 4.78 is 11.9. The van der Waals surface area contributed by atoms with Gasteiger partial charge < -0.3 is 14.4 Å². The van der Waals surface area contributed by atoms with Gasteiger partial charge in [-0.1, -0.05) is 30.3 Å². The maximum Gasteiger partial charge on any atom is 0.224 e. The monoisotopic (exact) mass is 332 g/mol. The van der Waals surface area contributed by atoms with Crippen molar-refractivity contribution in [1.29, 1.82) is 0 Å². The minimum Gasteiger partial charge on any atom is -0.375 e. The van der Waals surface area contributed by atoms with Gasteiger partial charge in [-0.05, 0) is 12.0 Å². The second-order valence-corrected chi connectivity index (χ2v) is 7.08. The van der Waals surface area contributed by atoms with Crippen LogP contribution in [-0.4, -0.2) is 68.3 Å². The predicted octanol–water partition coefficient (Wildman–Crippen LogP) is 1.77. The molecule has 5 heteroatoms. The van der Waals surface area contributed by atoms with Gasteiger partial charge in [-0.15, -0.1) is 0 Å². The highest BCUT2D eigenvalue weighted by atomic mass is 16.5. The van der Waals surface area contributed by atoms with Crippen LogP contribution in [-0.2, 0) is 20.9 Å². The number of rotatable bonds is 7. The highest BCUT2D eigenvalue weighted by molar-refractivity contribution is 5.76. The van der Waals surface area contributed by atoms with Crippen molar-refractivity contribution in [2.75, 3.05) is 40.3 Å². The number of hydrogen-bond acceptors (Lipinski definition) is 4. The number of benzene rings is 1. The lowest BCUT2D eigenvalue weighted by atomic mass is 10.0. The molecule has 0 radical (unpaired) electrons. The Hall–Kier alpha value is -1.43. The van der Waals surface area contributed by atoms with Crippen molar-refractivity contribution in [2.24, 2.45) is 5.92 Å². The van der Waals surface area contributed by atoms with Crippen molar-refractivity contribution >= 4 is 5.91 Å². The van der Waals surface area contributed by atoms with E-state index in [1.165, 1.54) is 5.56 Å². The molecule has 0 unspecified atom stereocenters. The molecular weight excluding hydrogens is 304 g/mol. The number of nitrogens with zero attached hydrogens (tertiary/aromatic N) is 2. The topological polar surface area (TPSA) is 42.0 Å². The van der Waals surface area contributed by atoms with Crippen LogP contribution < -0.4 is 0 Å². The van der Waals surface area contributed by atoms with Gasteiger partial charge >= 0.3 is 0 Å². The molecule has 0 N–H and O–H groups in total. The van der Waals surface area contributed by atoms with E-state index >= 15 is 0 Å². The zero-order valence-electron chi connectivity index (χ0n) is 14.7. The summed E-state index contributed by atoms with van der Waals surface area (Å²) in [5.41, 5.74) is 1.22. The zero-order valence-corrected chi connectivity index (χ0v) is 14.7. The second kappa shape index (κ2) is 8.10. The highest BCUT2D eigenvalue weighted by Gasteiger charge is 2.42. The maximum absolute atomic E-state index is 11.8. The first-order valence-electron chi connectivity index (χ1n) is 8.81. The molecule has 24 heavy (non-hydrogen) atoms. The lowest BCUT2D eigenvalue weighted by Gasteiger charge is -2.19. The number of amides is 1. The van der Waals surface area contributed by atoms with Crippen molar-refractivity contribution in [3.05, 3.63) is 35.9 Å². The number of ether oxygens (including phenoxy) is 2. The summed E-state index contributed by atoms with van der Waals surface area (Å²) in [6, 6.07) is 10.3. The Morgan fingerprint density at radius 1 is 1.29 bits per heavy atom. The van der Waals surface area contributed by atoms with E-state index in [9.17, 15) is 4.79 Å². The normalized spacial score (nSPS) is 26.5. The molecule has 1 amide bonds. The van der Waals surface area contributed by atoms with Gasteiger partial charge in [-0.25, -0.2) is 0 Å². The number of fused-ring (bicyclic) bond motifs is 1. The summed E-state index contributed by atoms with van der Waals surface area (Å²) in [7, 11) is 3.60. The first-order chi connectivity index (χ1) is 11.6. The van der Waals surface area contributed by atoms with E-state index in [1.807, 2.05) is 18.2 Å². The molecule has 2 heterocycles. The van der Waals surface area contributed by atoms with Gasteiger partial charge in [-0.3, -0.25) is 9.69 Å². The molecule has 1 aromatic carbocycles. The van der Waals surface area contributed by atoms with E-state index in [0.29, 0.717) is 25.0 Å². The molecule has 5 nitrogen and oxygen atoms in total. The molecule has 0 aromatic heterocycles. The summed E-state index contributed by atoms with van der Waals surface area (Å²) >= 11 is 0. The van der Waals surface area contributed by atoms with E-state index in [0.717, 1.165) is 32.7 Å². The smallest absolute Gasteiger partial charge is 0.224 e. The average molecular weight is 332 g/mol. The van der Waals surface area contributed by atoms with Crippen molar-refractivity contribution in [3.8, 4) is 0 Å². The molecule has 2 aliphatic heterocycles. The molecule has 3 atom stereocenters. The molecule has 0 bridgehead atoms. The van der Waals surface area contributed by atoms with Crippen LogP contribution >= 0.6 is 0 Å². The van der Waals surface area contributed by atoms with Crippen molar-refractivity contribution in [1.82, 2.24) is 9.80 Å². The SMILES string of the molecule is CN(C)C(=O)C[C@@H]1C[C@H]2CN(CCOCc3ccccc3)C[C@H]2O1. The van der Waals surface area contributed by atoms with Crippen LogP contribution in [0, 0.1) is 5.92 Å². The van der Waals surface area contributed by atoms with Crippen molar-refractivity contribution in [3.63, 3.8) is 0 Å². The fourth-order valence-electron chi connectivity index (χ4n) is 3.60. The molecule has 2 fully saturated rings. The van der Waals surface area contributed by atoms with E-state index in [-0.39, 0.29) is 12.0 Å². The van der Waals surface area contributed by atoms with Crippen molar-refractivity contribution < 1.29 is 14.3 Å². The van der Waals surface area contributed by atoms with Crippen LogP contribution in [0.2, 0.25) is 0 Å². The fourth-order valence-corrected chi connectivity index (χ4v) is 3.60. The van der Waals surface area contributed by atoms with Crippen LogP contribution in [0.3, 0.4) is 0 Å². The average Bonchev–Trinajstić information content (AvgIpc) is 3.10. The lowest BCUT2D eigenvalue weighted by molar-refractivity contribution is -0.131. The fraction of sp³-hybridized carbons (Fsp3) is 0.632. The van der Waals surface area contributed by atoms with E-state index in [1.54, 1.807) is 19.0 Å². The van der Waals surface area contributed by atoms with Crippen LogP contribution in [0.4, 0.5) is 0 Å². The predicted molar refractivity (Wildman–Crippen MR) is 92.6 cm³/mol. The van der Waals surface area contributed by atoms with Crippen LogP contribution in [0.5, 0.6) is 0 Å². The maximum atomic E-state index is 11.8. The molecule has 0 saturated carbocycles. The molecule has 0 spiro atoms.